The van der Waals surface area contributed by atoms with Crippen molar-refractivity contribution in [2.45, 2.75) is 45.1 Å². The molecule has 19 heavy (non-hydrogen) atoms. The number of aliphatic hydroxyl groups excluding tert-OH is 1. The average Bonchev–Trinajstić information content (AvgIpc) is 2.84. The predicted molar refractivity (Wildman–Crippen MR) is 75.9 cm³/mol. The lowest BCUT2D eigenvalue weighted by molar-refractivity contribution is -0.122. The summed E-state index contributed by atoms with van der Waals surface area (Å²) in [6.07, 6.45) is 4.44. The van der Waals surface area contributed by atoms with Gasteiger partial charge in [0.25, 0.3) is 0 Å². The van der Waals surface area contributed by atoms with Gasteiger partial charge in [-0.15, -0.1) is 0 Å². The van der Waals surface area contributed by atoms with Crippen LogP contribution < -0.4 is 5.32 Å². The zero-order valence-corrected chi connectivity index (χ0v) is 11.6. The maximum atomic E-state index is 11.9. The normalized spacial score (nSPS) is 22.4. The molecule has 3 heteroatoms. The molecule has 2 N–H and O–H groups in total. The van der Waals surface area contributed by atoms with Crippen LogP contribution in [0.2, 0.25) is 0 Å². The van der Waals surface area contributed by atoms with Crippen molar-refractivity contribution in [3.8, 4) is 0 Å². The van der Waals surface area contributed by atoms with Crippen LogP contribution in [0.4, 0.5) is 0 Å². The number of hydrogen-bond acceptors (Lipinski definition) is 2. The van der Waals surface area contributed by atoms with Crippen molar-refractivity contribution in [3.05, 3.63) is 35.4 Å². The van der Waals surface area contributed by atoms with E-state index < -0.39 is 0 Å². The van der Waals surface area contributed by atoms with E-state index in [4.69, 9.17) is 0 Å². The number of nitrogens with one attached hydrogen (secondary N) is 1. The minimum absolute atomic E-state index is 0.104. The molecule has 3 nitrogen and oxygen atoms in total. The van der Waals surface area contributed by atoms with Gasteiger partial charge in [0.2, 0.25) is 5.91 Å². The molecule has 1 aliphatic carbocycles. The highest BCUT2D eigenvalue weighted by atomic mass is 16.3. The second-order valence-electron chi connectivity index (χ2n) is 5.54. The van der Waals surface area contributed by atoms with Gasteiger partial charge in [-0.1, -0.05) is 36.2 Å². The zero-order valence-electron chi connectivity index (χ0n) is 11.6. The summed E-state index contributed by atoms with van der Waals surface area (Å²) in [6, 6.07) is 8.45. The molecule has 0 bridgehead atoms. The van der Waals surface area contributed by atoms with Gasteiger partial charge in [-0.3, -0.25) is 4.79 Å². The van der Waals surface area contributed by atoms with Crippen molar-refractivity contribution >= 4 is 5.91 Å². The fourth-order valence-corrected chi connectivity index (χ4v) is 2.85. The third-order valence-corrected chi connectivity index (χ3v) is 3.96. The van der Waals surface area contributed by atoms with Gasteiger partial charge in [-0.25, -0.2) is 0 Å². The summed E-state index contributed by atoms with van der Waals surface area (Å²) < 4.78 is 0. The molecule has 0 aromatic heterocycles. The number of rotatable bonds is 5. The molecule has 0 saturated heterocycles. The number of hydrogen-bond donors (Lipinski definition) is 2. The van der Waals surface area contributed by atoms with E-state index in [0.717, 1.165) is 25.7 Å². The number of benzene rings is 1. The highest BCUT2D eigenvalue weighted by molar-refractivity contribution is 5.76. The van der Waals surface area contributed by atoms with Crippen LogP contribution in [0.3, 0.4) is 0 Å². The summed E-state index contributed by atoms with van der Waals surface area (Å²) >= 11 is 0. The summed E-state index contributed by atoms with van der Waals surface area (Å²) in [7, 11) is 0. The Morgan fingerprint density at radius 3 is 3.00 bits per heavy atom. The Morgan fingerprint density at radius 2 is 2.26 bits per heavy atom. The summed E-state index contributed by atoms with van der Waals surface area (Å²) in [4.78, 5) is 11.9. The van der Waals surface area contributed by atoms with E-state index in [1.54, 1.807) is 0 Å². The van der Waals surface area contributed by atoms with Crippen molar-refractivity contribution in [2.24, 2.45) is 5.92 Å². The standard InChI is InChI=1S/C16H23NO2/c1-12-4-2-5-13(10-12)8-9-16(19)17-15-7-3-6-14(15)11-18/h2,4-5,10,14-15,18H,3,6-9,11H2,1H3,(H,17,19). The Labute approximate surface area is 115 Å². The molecule has 1 aliphatic rings. The molecule has 2 atom stereocenters. The Kier molecular flexibility index (Phi) is 4.97. The van der Waals surface area contributed by atoms with Crippen molar-refractivity contribution < 1.29 is 9.90 Å². The quantitative estimate of drug-likeness (QED) is 0.853. The second-order valence-corrected chi connectivity index (χ2v) is 5.54. The molecule has 104 valence electrons. The van der Waals surface area contributed by atoms with Gasteiger partial charge in [-0.05, 0) is 31.7 Å². The van der Waals surface area contributed by atoms with Gasteiger partial charge < -0.3 is 10.4 Å². The first-order valence-electron chi connectivity index (χ1n) is 7.15. The molecular formula is C16H23NO2. The first-order chi connectivity index (χ1) is 9.19. The van der Waals surface area contributed by atoms with Crippen LogP contribution in [0.15, 0.2) is 24.3 Å². The van der Waals surface area contributed by atoms with Crippen LogP contribution in [0.5, 0.6) is 0 Å². The van der Waals surface area contributed by atoms with E-state index in [1.807, 2.05) is 6.07 Å². The van der Waals surface area contributed by atoms with Gasteiger partial charge in [0.05, 0.1) is 0 Å². The van der Waals surface area contributed by atoms with Crippen LogP contribution in [0.1, 0.15) is 36.8 Å². The van der Waals surface area contributed by atoms with Crippen LogP contribution in [0.25, 0.3) is 0 Å². The molecule has 0 heterocycles. The third-order valence-electron chi connectivity index (χ3n) is 3.96. The van der Waals surface area contributed by atoms with E-state index in [0.29, 0.717) is 6.42 Å². The van der Waals surface area contributed by atoms with Gasteiger partial charge >= 0.3 is 0 Å². The summed E-state index contributed by atoms with van der Waals surface area (Å²) in [5.74, 6) is 0.356. The molecule has 2 unspecified atom stereocenters. The molecule has 1 fully saturated rings. The fraction of sp³-hybridized carbons (Fsp3) is 0.562. The van der Waals surface area contributed by atoms with Crippen molar-refractivity contribution in [3.63, 3.8) is 0 Å². The maximum absolute atomic E-state index is 11.9. The molecular weight excluding hydrogens is 238 g/mol. The van der Waals surface area contributed by atoms with Gasteiger partial charge in [0.1, 0.15) is 0 Å². The van der Waals surface area contributed by atoms with E-state index >= 15 is 0 Å². The summed E-state index contributed by atoms with van der Waals surface area (Å²) in [5.41, 5.74) is 2.44. The van der Waals surface area contributed by atoms with Crippen molar-refractivity contribution in [1.82, 2.24) is 5.32 Å². The van der Waals surface area contributed by atoms with Gasteiger partial charge in [0, 0.05) is 25.0 Å². The van der Waals surface area contributed by atoms with Crippen LogP contribution >= 0.6 is 0 Å². The maximum Gasteiger partial charge on any atom is 0.220 e. The summed E-state index contributed by atoms with van der Waals surface area (Å²) in [5, 5.41) is 12.3. The number of amides is 1. The first kappa shape index (κ1) is 14.1. The zero-order chi connectivity index (χ0) is 13.7. The number of carbonyl (C=O) groups is 1. The third kappa shape index (κ3) is 4.06. The monoisotopic (exact) mass is 261 g/mol. The molecule has 1 aromatic rings. The lowest BCUT2D eigenvalue weighted by atomic mass is 10.0. The SMILES string of the molecule is Cc1cccc(CCC(=O)NC2CCCC2CO)c1. The number of aliphatic hydroxyl groups is 1. The first-order valence-corrected chi connectivity index (χ1v) is 7.15. The van der Waals surface area contributed by atoms with E-state index in [-0.39, 0.29) is 24.5 Å². The van der Waals surface area contributed by atoms with Crippen molar-refractivity contribution in [1.29, 1.82) is 0 Å². The topological polar surface area (TPSA) is 49.3 Å². The lowest BCUT2D eigenvalue weighted by Gasteiger charge is -2.19. The molecule has 0 radical (unpaired) electrons. The average molecular weight is 261 g/mol. The number of aryl methyl sites for hydroxylation is 2. The van der Waals surface area contributed by atoms with Crippen LogP contribution in [-0.2, 0) is 11.2 Å². The number of carbonyl (C=O) groups excluding carboxylic acids is 1. The smallest absolute Gasteiger partial charge is 0.220 e. The van der Waals surface area contributed by atoms with Crippen LogP contribution in [0, 0.1) is 12.8 Å². The Balaban J connectivity index is 1.78. The van der Waals surface area contributed by atoms with Gasteiger partial charge in [-0.2, -0.15) is 0 Å². The molecule has 1 saturated carbocycles. The molecule has 0 spiro atoms. The largest absolute Gasteiger partial charge is 0.396 e. The molecule has 1 aromatic carbocycles. The highest BCUT2D eigenvalue weighted by Gasteiger charge is 2.27. The summed E-state index contributed by atoms with van der Waals surface area (Å²) in [6.45, 7) is 2.25. The Morgan fingerprint density at radius 1 is 1.42 bits per heavy atom. The molecule has 0 aliphatic heterocycles. The van der Waals surface area contributed by atoms with Gasteiger partial charge in [0.15, 0.2) is 0 Å². The van der Waals surface area contributed by atoms with E-state index in [1.165, 1.54) is 11.1 Å². The Bertz CT molecular complexity index is 431. The lowest BCUT2D eigenvalue weighted by Crippen LogP contribution is -2.38. The Hall–Kier alpha value is -1.35. The predicted octanol–water partition coefficient (Wildman–Crippen LogP) is 2.20. The minimum atomic E-state index is 0.104. The molecule has 2 rings (SSSR count). The molecule has 1 amide bonds. The fourth-order valence-electron chi connectivity index (χ4n) is 2.85. The van der Waals surface area contributed by atoms with Crippen LogP contribution in [-0.4, -0.2) is 23.7 Å². The van der Waals surface area contributed by atoms with Crippen molar-refractivity contribution in [2.75, 3.05) is 6.61 Å². The van der Waals surface area contributed by atoms with E-state index in [9.17, 15) is 9.90 Å². The van der Waals surface area contributed by atoms with E-state index in [2.05, 4.69) is 30.4 Å². The second kappa shape index (κ2) is 6.71. The minimum Gasteiger partial charge on any atom is -0.396 e. The highest BCUT2D eigenvalue weighted by Crippen LogP contribution is 2.25.